The Morgan fingerprint density at radius 1 is 0.778 bits per heavy atom. The van der Waals surface area contributed by atoms with E-state index < -0.39 is 0 Å². The Bertz CT molecular complexity index is 1180. The summed E-state index contributed by atoms with van der Waals surface area (Å²) < 4.78 is 10.9. The van der Waals surface area contributed by atoms with Crippen LogP contribution in [0.3, 0.4) is 0 Å². The van der Waals surface area contributed by atoms with Gasteiger partial charge in [0.25, 0.3) is 5.56 Å². The lowest BCUT2D eigenvalue weighted by molar-refractivity contribution is 0.415. The summed E-state index contributed by atoms with van der Waals surface area (Å²) in [4.78, 5) is 15.8. The second kappa shape index (κ2) is 7.00. The molecule has 4 nitrogen and oxygen atoms in total. The third kappa shape index (κ3) is 2.95. The normalized spacial score (nSPS) is 10.7. The number of fused-ring (bicyclic) bond motifs is 1. The van der Waals surface area contributed by atoms with Crippen molar-refractivity contribution in [2.24, 2.45) is 0 Å². The van der Waals surface area contributed by atoms with Gasteiger partial charge in [-0.2, -0.15) is 0 Å². The van der Waals surface area contributed by atoms with E-state index in [9.17, 15) is 4.79 Å². The van der Waals surface area contributed by atoms with E-state index >= 15 is 0 Å². The van der Waals surface area contributed by atoms with Gasteiger partial charge in [0.15, 0.2) is 0 Å². The van der Waals surface area contributed by atoms with Gasteiger partial charge in [0.1, 0.15) is 11.5 Å². The fraction of sp³-hybridized carbons (Fsp3) is 0.0870. The molecule has 0 spiro atoms. The Morgan fingerprint density at radius 2 is 1.52 bits per heavy atom. The van der Waals surface area contributed by atoms with Crippen molar-refractivity contribution < 1.29 is 9.47 Å². The molecule has 1 heterocycles. The molecule has 0 saturated carbocycles. The van der Waals surface area contributed by atoms with E-state index in [1.54, 1.807) is 14.2 Å². The fourth-order valence-corrected chi connectivity index (χ4v) is 3.41. The number of H-pyrrole nitrogens is 1. The third-order valence-electron chi connectivity index (χ3n) is 4.66. The molecule has 0 bridgehead atoms. The van der Waals surface area contributed by atoms with Crippen LogP contribution >= 0.6 is 0 Å². The smallest absolute Gasteiger partial charge is 0.256 e. The van der Waals surface area contributed by atoms with Crippen molar-refractivity contribution in [3.8, 4) is 33.9 Å². The molecule has 1 N–H and O–H groups in total. The van der Waals surface area contributed by atoms with Crippen LogP contribution in [0.25, 0.3) is 33.2 Å². The highest BCUT2D eigenvalue weighted by atomic mass is 16.5. The van der Waals surface area contributed by atoms with Gasteiger partial charge in [-0.3, -0.25) is 4.79 Å². The zero-order valence-electron chi connectivity index (χ0n) is 15.2. The van der Waals surface area contributed by atoms with Crippen LogP contribution in [0.4, 0.5) is 0 Å². The van der Waals surface area contributed by atoms with Crippen LogP contribution in [0.5, 0.6) is 11.5 Å². The van der Waals surface area contributed by atoms with Crippen LogP contribution in [0.2, 0.25) is 0 Å². The highest BCUT2D eigenvalue weighted by Gasteiger charge is 2.17. The number of methoxy groups -OCH3 is 2. The average molecular weight is 357 g/mol. The largest absolute Gasteiger partial charge is 0.497 e. The van der Waals surface area contributed by atoms with Crippen molar-refractivity contribution in [2.45, 2.75) is 0 Å². The van der Waals surface area contributed by atoms with E-state index in [-0.39, 0.29) is 5.56 Å². The third-order valence-corrected chi connectivity index (χ3v) is 4.66. The Labute approximate surface area is 157 Å². The average Bonchev–Trinajstić information content (AvgIpc) is 2.73. The number of pyridine rings is 1. The predicted octanol–water partition coefficient (Wildman–Crippen LogP) is 4.88. The number of ether oxygens (including phenoxy) is 2. The summed E-state index contributed by atoms with van der Waals surface area (Å²) in [5.74, 6) is 1.46. The van der Waals surface area contributed by atoms with Gasteiger partial charge in [0, 0.05) is 16.5 Å². The van der Waals surface area contributed by atoms with Crippen molar-refractivity contribution in [3.63, 3.8) is 0 Å². The molecule has 4 heteroatoms. The highest BCUT2D eigenvalue weighted by molar-refractivity contribution is 6.03. The summed E-state index contributed by atoms with van der Waals surface area (Å²) in [5.41, 5.74) is 3.33. The molecule has 27 heavy (non-hydrogen) atoms. The van der Waals surface area contributed by atoms with Gasteiger partial charge < -0.3 is 14.5 Å². The first-order valence-corrected chi connectivity index (χ1v) is 8.65. The maximum atomic E-state index is 12.8. The quantitative estimate of drug-likeness (QED) is 0.566. The van der Waals surface area contributed by atoms with Crippen molar-refractivity contribution >= 4 is 10.8 Å². The summed E-state index contributed by atoms with van der Waals surface area (Å²) in [6.45, 7) is 0. The van der Waals surface area contributed by atoms with Crippen molar-refractivity contribution in [2.75, 3.05) is 14.2 Å². The molecule has 4 rings (SSSR count). The molecule has 0 unspecified atom stereocenters. The Hall–Kier alpha value is -3.53. The molecule has 4 aromatic rings. The van der Waals surface area contributed by atoms with Gasteiger partial charge in [-0.05, 0) is 41.3 Å². The molecule has 0 aliphatic rings. The van der Waals surface area contributed by atoms with Crippen molar-refractivity contribution in [1.82, 2.24) is 4.98 Å². The zero-order valence-corrected chi connectivity index (χ0v) is 15.2. The number of benzene rings is 3. The van der Waals surface area contributed by atoms with Crippen molar-refractivity contribution in [1.29, 1.82) is 0 Å². The topological polar surface area (TPSA) is 51.3 Å². The van der Waals surface area contributed by atoms with Gasteiger partial charge in [-0.15, -0.1) is 0 Å². The standard InChI is InChI=1S/C23H19NO3/c1-26-16-9-7-8-15(14-16)21-17-10-3-4-11-18(17)23(25)24-22(21)19-12-5-6-13-20(19)27-2/h3-14H,1-2H3,(H,24,25). The minimum atomic E-state index is -0.127. The highest BCUT2D eigenvalue weighted by Crippen LogP contribution is 2.39. The number of aromatic amines is 1. The summed E-state index contributed by atoms with van der Waals surface area (Å²) >= 11 is 0. The molecule has 0 radical (unpaired) electrons. The van der Waals surface area contributed by atoms with E-state index in [4.69, 9.17) is 9.47 Å². The molecule has 0 atom stereocenters. The second-order valence-corrected chi connectivity index (χ2v) is 6.18. The number of hydrogen-bond donors (Lipinski definition) is 1. The molecule has 0 aliphatic carbocycles. The molecular formula is C23H19NO3. The second-order valence-electron chi connectivity index (χ2n) is 6.18. The maximum Gasteiger partial charge on any atom is 0.256 e. The van der Waals surface area contributed by atoms with Crippen LogP contribution in [0.15, 0.2) is 77.6 Å². The Kier molecular flexibility index (Phi) is 4.38. The lowest BCUT2D eigenvalue weighted by atomic mass is 9.93. The summed E-state index contributed by atoms with van der Waals surface area (Å²) in [7, 11) is 3.27. The van der Waals surface area contributed by atoms with Crippen LogP contribution in [0.1, 0.15) is 0 Å². The minimum absolute atomic E-state index is 0.127. The summed E-state index contributed by atoms with van der Waals surface area (Å²) in [6, 6.07) is 23.1. The molecule has 0 saturated heterocycles. The zero-order chi connectivity index (χ0) is 18.8. The fourth-order valence-electron chi connectivity index (χ4n) is 3.41. The van der Waals surface area contributed by atoms with Gasteiger partial charge in [0.05, 0.1) is 19.9 Å². The van der Waals surface area contributed by atoms with E-state index in [1.165, 1.54) is 0 Å². The monoisotopic (exact) mass is 357 g/mol. The van der Waals surface area contributed by atoms with E-state index in [0.717, 1.165) is 33.5 Å². The van der Waals surface area contributed by atoms with Crippen LogP contribution in [-0.4, -0.2) is 19.2 Å². The number of rotatable bonds is 4. The SMILES string of the molecule is COc1cccc(-c2c(-c3ccccc3OC)[nH]c(=O)c3ccccc23)c1. The lowest BCUT2D eigenvalue weighted by Gasteiger charge is -2.16. The number of aromatic nitrogens is 1. The van der Waals surface area contributed by atoms with E-state index in [0.29, 0.717) is 11.1 Å². The lowest BCUT2D eigenvalue weighted by Crippen LogP contribution is -2.09. The summed E-state index contributed by atoms with van der Waals surface area (Å²) in [6.07, 6.45) is 0. The van der Waals surface area contributed by atoms with Crippen LogP contribution < -0.4 is 15.0 Å². The van der Waals surface area contributed by atoms with Crippen LogP contribution in [-0.2, 0) is 0 Å². The van der Waals surface area contributed by atoms with Gasteiger partial charge in [-0.1, -0.05) is 42.5 Å². The van der Waals surface area contributed by atoms with Gasteiger partial charge in [-0.25, -0.2) is 0 Å². The van der Waals surface area contributed by atoms with Gasteiger partial charge in [0.2, 0.25) is 0 Å². The number of nitrogens with one attached hydrogen (secondary N) is 1. The molecule has 0 fully saturated rings. The predicted molar refractivity (Wildman–Crippen MR) is 109 cm³/mol. The molecular weight excluding hydrogens is 338 g/mol. The van der Waals surface area contributed by atoms with Crippen LogP contribution in [0, 0.1) is 0 Å². The molecule has 0 amide bonds. The first-order valence-electron chi connectivity index (χ1n) is 8.65. The number of hydrogen-bond acceptors (Lipinski definition) is 3. The molecule has 3 aromatic carbocycles. The molecule has 134 valence electrons. The number of para-hydroxylation sites is 1. The van der Waals surface area contributed by atoms with E-state index in [2.05, 4.69) is 4.98 Å². The summed E-state index contributed by atoms with van der Waals surface area (Å²) in [5, 5.41) is 1.53. The maximum absolute atomic E-state index is 12.8. The minimum Gasteiger partial charge on any atom is -0.497 e. The van der Waals surface area contributed by atoms with E-state index in [1.807, 2.05) is 72.8 Å². The Balaban J connectivity index is 2.14. The molecule has 1 aromatic heterocycles. The van der Waals surface area contributed by atoms with Gasteiger partial charge >= 0.3 is 0 Å². The Morgan fingerprint density at radius 3 is 2.30 bits per heavy atom. The first-order chi connectivity index (χ1) is 13.2. The van der Waals surface area contributed by atoms with Crippen molar-refractivity contribution in [3.05, 3.63) is 83.2 Å². The molecule has 0 aliphatic heterocycles. The first kappa shape index (κ1) is 16.9.